The van der Waals surface area contributed by atoms with E-state index in [1.807, 2.05) is 12.3 Å². The van der Waals surface area contributed by atoms with Gasteiger partial charge in [0.15, 0.2) is 5.82 Å². The molecule has 2 saturated heterocycles. The van der Waals surface area contributed by atoms with Crippen LogP contribution in [0.2, 0.25) is 0 Å². The lowest BCUT2D eigenvalue weighted by molar-refractivity contribution is 0.164. The smallest absolute Gasteiger partial charge is 0.151 e. The summed E-state index contributed by atoms with van der Waals surface area (Å²) in [6.07, 6.45) is 8.01. The molecule has 4 rings (SSSR count). The van der Waals surface area contributed by atoms with Crippen LogP contribution in [0.1, 0.15) is 37.1 Å². The summed E-state index contributed by atoms with van der Waals surface area (Å²) < 4.78 is 0. The molecule has 2 aromatic rings. The quantitative estimate of drug-likeness (QED) is 0.839. The van der Waals surface area contributed by atoms with E-state index >= 15 is 0 Å². The molecule has 0 spiro atoms. The molecule has 4 heterocycles. The Labute approximate surface area is 150 Å². The zero-order chi connectivity index (χ0) is 16.9. The molecule has 132 valence electrons. The monoisotopic (exact) mass is 337 g/mol. The average molecular weight is 337 g/mol. The van der Waals surface area contributed by atoms with E-state index in [0.717, 1.165) is 49.8 Å². The normalized spacial score (nSPS) is 21.6. The Kier molecular flexibility index (Phi) is 5.21. The van der Waals surface area contributed by atoms with Crippen molar-refractivity contribution in [1.29, 1.82) is 0 Å². The zero-order valence-corrected chi connectivity index (χ0v) is 14.8. The van der Waals surface area contributed by atoms with Crippen molar-refractivity contribution in [2.45, 2.75) is 38.6 Å². The van der Waals surface area contributed by atoms with Crippen LogP contribution >= 0.6 is 0 Å². The largest absolute Gasteiger partial charge is 0.355 e. The second-order valence-corrected chi connectivity index (χ2v) is 7.35. The van der Waals surface area contributed by atoms with E-state index in [4.69, 9.17) is 0 Å². The summed E-state index contributed by atoms with van der Waals surface area (Å²) in [6, 6.07) is 10.5. The van der Waals surface area contributed by atoms with Gasteiger partial charge in [0.2, 0.25) is 0 Å². The number of nitrogens with zero attached hydrogens (tertiary/aromatic N) is 5. The lowest BCUT2D eigenvalue weighted by Gasteiger charge is -2.32. The van der Waals surface area contributed by atoms with Crippen LogP contribution in [0, 0.1) is 5.92 Å². The van der Waals surface area contributed by atoms with Gasteiger partial charge in [-0.1, -0.05) is 6.07 Å². The summed E-state index contributed by atoms with van der Waals surface area (Å²) in [5.74, 6) is 1.71. The molecule has 2 aliphatic rings. The minimum atomic E-state index is 0.671. The molecule has 0 amide bonds. The highest BCUT2D eigenvalue weighted by molar-refractivity contribution is 5.38. The Balaban J connectivity index is 1.32. The van der Waals surface area contributed by atoms with Gasteiger partial charge in [-0.2, -0.15) is 5.10 Å². The molecule has 0 aliphatic carbocycles. The van der Waals surface area contributed by atoms with Crippen LogP contribution in [-0.2, 0) is 13.0 Å². The summed E-state index contributed by atoms with van der Waals surface area (Å²) in [6.45, 7) is 5.51. The van der Waals surface area contributed by atoms with Crippen LogP contribution < -0.4 is 4.90 Å². The molecule has 2 aromatic heterocycles. The number of likely N-dealkylation sites (tertiary alicyclic amines) is 1. The Morgan fingerprint density at radius 3 is 2.60 bits per heavy atom. The SMILES string of the molecule is c1ccc(CN2CCCC(Cc3ccc(N4CCCC4)nn3)C2)nc1. The van der Waals surface area contributed by atoms with Crippen molar-refractivity contribution in [3.8, 4) is 0 Å². The lowest BCUT2D eigenvalue weighted by atomic mass is 9.93. The highest BCUT2D eigenvalue weighted by Crippen LogP contribution is 2.22. The Hall–Kier alpha value is -2.01. The van der Waals surface area contributed by atoms with E-state index in [2.05, 4.69) is 49.2 Å². The van der Waals surface area contributed by atoms with E-state index in [1.54, 1.807) is 0 Å². The zero-order valence-electron chi connectivity index (χ0n) is 14.8. The van der Waals surface area contributed by atoms with Crippen molar-refractivity contribution in [3.63, 3.8) is 0 Å². The molecular formula is C20H27N5. The Bertz CT molecular complexity index is 652. The van der Waals surface area contributed by atoms with E-state index in [9.17, 15) is 0 Å². The number of rotatable bonds is 5. The number of piperidine rings is 1. The maximum Gasteiger partial charge on any atom is 0.151 e. The van der Waals surface area contributed by atoms with E-state index in [1.165, 1.54) is 32.2 Å². The van der Waals surface area contributed by atoms with Gasteiger partial charge < -0.3 is 4.90 Å². The molecule has 25 heavy (non-hydrogen) atoms. The van der Waals surface area contributed by atoms with Gasteiger partial charge in [-0.05, 0) is 68.8 Å². The van der Waals surface area contributed by atoms with Crippen LogP contribution in [0.3, 0.4) is 0 Å². The molecule has 0 aromatic carbocycles. The highest BCUT2D eigenvalue weighted by Gasteiger charge is 2.21. The minimum Gasteiger partial charge on any atom is -0.355 e. The maximum absolute atomic E-state index is 4.50. The van der Waals surface area contributed by atoms with Crippen LogP contribution in [0.25, 0.3) is 0 Å². The minimum absolute atomic E-state index is 0.671. The van der Waals surface area contributed by atoms with Gasteiger partial charge in [0.05, 0.1) is 11.4 Å². The molecule has 0 N–H and O–H groups in total. The first-order valence-corrected chi connectivity index (χ1v) is 9.56. The third-order valence-corrected chi connectivity index (χ3v) is 5.35. The average Bonchev–Trinajstić information content (AvgIpc) is 3.18. The molecule has 0 bridgehead atoms. The van der Waals surface area contributed by atoms with Gasteiger partial charge in [0, 0.05) is 32.4 Å². The van der Waals surface area contributed by atoms with Crippen molar-refractivity contribution in [2.75, 3.05) is 31.1 Å². The highest BCUT2D eigenvalue weighted by atomic mass is 15.3. The predicted molar refractivity (Wildman–Crippen MR) is 99.4 cm³/mol. The van der Waals surface area contributed by atoms with Gasteiger partial charge in [0.1, 0.15) is 0 Å². The number of aromatic nitrogens is 3. The Morgan fingerprint density at radius 1 is 0.920 bits per heavy atom. The number of hydrogen-bond donors (Lipinski definition) is 0. The van der Waals surface area contributed by atoms with Crippen molar-refractivity contribution in [3.05, 3.63) is 47.9 Å². The molecule has 0 saturated carbocycles. The third-order valence-electron chi connectivity index (χ3n) is 5.35. The fourth-order valence-electron chi connectivity index (χ4n) is 4.05. The van der Waals surface area contributed by atoms with Crippen LogP contribution in [-0.4, -0.2) is 46.3 Å². The van der Waals surface area contributed by atoms with Crippen LogP contribution in [0.5, 0.6) is 0 Å². The topological polar surface area (TPSA) is 45.2 Å². The first-order chi connectivity index (χ1) is 12.4. The third kappa shape index (κ3) is 4.34. The summed E-state index contributed by atoms with van der Waals surface area (Å²) in [5.41, 5.74) is 2.30. The van der Waals surface area contributed by atoms with E-state index < -0.39 is 0 Å². The Morgan fingerprint density at radius 2 is 1.84 bits per heavy atom. The van der Waals surface area contributed by atoms with Gasteiger partial charge in [-0.25, -0.2) is 0 Å². The van der Waals surface area contributed by atoms with Crippen molar-refractivity contribution in [1.82, 2.24) is 20.1 Å². The van der Waals surface area contributed by atoms with Gasteiger partial charge in [-0.15, -0.1) is 5.10 Å². The lowest BCUT2D eigenvalue weighted by Crippen LogP contribution is -2.36. The molecule has 5 nitrogen and oxygen atoms in total. The number of pyridine rings is 1. The number of anilines is 1. The maximum atomic E-state index is 4.50. The van der Waals surface area contributed by atoms with E-state index in [-0.39, 0.29) is 0 Å². The van der Waals surface area contributed by atoms with Crippen molar-refractivity contribution < 1.29 is 0 Å². The van der Waals surface area contributed by atoms with Gasteiger partial charge in [0.25, 0.3) is 0 Å². The first kappa shape index (κ1) is 16.5. The molecule has 1 atom stereocenters. The van der Waals surface area contributed by atoms with Crippen molar-refractivity contribution in [2.24, 2.45) is 5.92 Å². The van der Waals surface area contributed by atoms with Gasteiger partial charge >= 0.3 is 0 Å². The number of hydrogen-bond acceptors (Lipinski definition) is 5. The molecule has 2 fully saturated rings. The second-order valence-electron chi connectivity index (χ2n) is 7.35. The molecule has 0 radical (unpaired) electrons. The standard InChI is InChI=1S/C20H27N5/c1-2-10-21-19(7-1)16-24-11-5-6-17(15-24)14-18-8-9-20(23-22-18)25-12-3-4-13-25/h1-2,7-10,17H,3-6,11-16H2. The molecule has 2 aliphatic heterocycles. The summed E-state index contributed by atoms with van der Waals surface area (Å²) in [7, 11) is 0. The van der Waals surface area contributed by atoms with Crippen LogP contribution in [0.15, 0.2) is 36.5 Å². The molecular weight excluding hydrogens is 310 g/mol. The van der Waals surface area contributed by atoms with E-state index in [0.29, 0.717) is 5.92 Å². The second kappa shape index (κ2) is 7.91. The first-order valence-electron chi connectivity index (χ1n) is 9.56. The van der Waals surface area contributed by atoms with Gasteiger partial charge in [-0.3, -0.25) is 9.88 Å². The summed E-state index contributed by atoms with van der Waals surface area (Å²) in [5, 5.41) is 8.97. The summed E-state index contributed by atoms with van der Waals surface area (Å²) in [4.78, 5) is 9.33. The molecule has 1 unspecified atom stereocenters. The molecule has 5 heteroatoms. The van der Waals surface area contributed by atoms with Crippen molar-refractivity contribution >= 4 is 5.82 Å². The predicted octanol–water partition coefficient (Wildman–Crippen LogP) is 2.93. The van der Waals surface area contributed by atoms with Crippen LogP contribution in [0.4, 0.5) is 5.82 Å². The summed E-state index contributed by atoms with van der Waals surface area (Å²) >= 11 is 0. The fraction of sp³-hybridized carbons (Fsp3) is 0.550. The fourth-order valence-corrected chi connectivity index (χ4v) is 4.05.